The zero-order valence-corrected chi connectivity index (χ0v) is 11.6. The SMILES string of the molecule is CCCC(CCO)CNCc1cc(Cl)ccc1O. The molecule has 1 atom stereocenters. The van der Waals surface area contributed by atoms with Crippen molar-refractivity contribution in [1.29, 1.82) is 0 Å². The third-order valence-electron chi connectivity index (χ3n) is 3.02. The Kier molecular flexibility index (Phi) is 7.09. The van der Waals surface area contributed by atoms with Crippen molar-refractivity contribution in [3.8, 4) is 5.75 Å². The summed E-state index contributed by atoms with van der Waals surface area (Å²) < 4.78 is 0. The summed E-state index contributed by atoms with van der Waals surface area (Å²) in [4.78, 5) is 0. The minimum atomic E-state index is 0.231. The Hall–Kier alpha value is -0.770. The summed E-state index contributed by atoms with van der Waals surface area (Å²) in [7, 11) is 0. The zero-order valence-electron chi connectivity index (χ0n) is 10.8. The van der Waals surface area contributed by atoms with Crippen molar-refractivity contribution in [3.63, 3.8) is 0 Å². The van der Waals surface area contributed by atoms with Gasteiger partial charge < -0.3 is 15.5 Å². The maximum Gasteiger partial charge on any atom is 0.120 e. The molecular formula is C14H22ClNO2. The van der Waals surface area contributed by atoms with Crippen LogP contribution in [0.4, 0.5) is 0 Å². The standard InChI is InChI=1S/C14H22ClNO2/c1-2-3-11(6-7-17)9-16-10-12-8-13(15)4-5-14(12)18/h4-5,8,11,16-18H,2-3,6-7,9-10H2,1H3. The maximum absolute atomic E-state index is 9.67. The Balaban J connectivity index is 2.41. The van der Waals surface area contributed by atoms with Gasteiger partial charge in [-0.1, -0.05) is 24.9 Å². The minimum Gasteiger partial charge on any atom is -0.508 e. The van der Waals surface area contributed by atoms with E-state index in [-0.39, 0.29) is 12.4 Å². The van der Waals surface area contributed by atoms with Gasteiger partial charge in [0.15, 0.2) is 0 Å². The smallest absolute Gasteiger partial charge is 0.120 e. The molecule has 0 aliphatic heterocycles. The van der Waals surface area contributed by atoms with Gasteiger partial charge in [0.25, 0.3) is 0 Å². The molecule has 1 aromatic carbocycles. The number of nitrogens with one attached hydrogen (secondary N) is 1. The molecule has 1 unspecified atom stereocenters. The topological polar surface area (TPSA) is 52.5 Å². The Morgan fingerprint density at radius 1 is 1.33 bits per heavy atom. The molecule has 18 heavy (non-hydrogen) atoms. The van der Waals surface area contributed by atoms with Crippen LogP contribution in [-0.2, 0) is 6.54 Å². The fourth-order valence-electron chi connectivity index (χ4n) is 2.05. The fourth-order valence-corrected chi connectivity index (χ4v) is 2.24. The summed E-state index contributed by atoms with van der Waals surface area (Å²) in [6, 6.07) is 5.05. The first-order valence-corrected chi connectivity index (χ1v) is 6.84. The first-order valence-electron chi connectivity index (χ1n) is 6.46. The number of hydrogen-bond donors (Lipinski definition) is 3. The van der Waals surface area contributed by atoms with Crippen molar-refractivity contribution in [2.24, 2.45) is 5.92 Å². The van der Waals surface area contributed by atoms with Crippen LogP contribution in [0.2, 0.25) is 5.02 Å². The van der Waals surface area contributed by atoms with Gasteiger partial charge in [-0.05, 0) is 43.5 Å². The van der Waals surface area contributed by atoms with E-state index in [1.165, 1.54) is 0 Å². The van der Waals surface area contributed by atoms with Gasteiger partial charge in [-0.2, -0.15) is 0 Å². The second kappa shape index (κ2) is 8.35. The first kappa shape index (κ1) is 15.3. The van der Waals surface area contributed by atoms with E-state index in [9.17, 15) is 5.11 Å². The number of benzene rings is 1. The predicted molar refractivity (Wildman–Crippen MR) is 74.9 cm³/mol. The summed E-state index contributed by atoms with van der Waals surface area (Å²) in [5.41, 5.74) is 0.807. The summed E-state index contributed by atoms with van der Waals surface area (Å²) >= 11 is 5.89. The summed E-state index contributed by atoms with van der Waals surface area (Å²) in [6.45, 7) is 3.82. The molecule has 4 heteroatoms. The van der Waals surface area contributed by atoms with Gasteiger partial charge >= 0.3 is 0 Å². The Labute approximate surface area is 114 Å². The molecule has 0 bridgehead atoms. The second-order valence-electron chi connectivity index (χ2n) is 4.57. The van der Waals surface area contributed by atoms with Gasteiger partial charge in [-0.3, -0.25) is 0 Å². The largest absolute Gasteiger partial charge is 0.508 e. The van der Waals surface area contributed by atoms with E-state index in [2.05, 4.69) is 12.2 Å². The number of phenolic OH excluding ortho intramolecular Hbond substituents is 1. The fraction of sp³-hybridized carbons (Fsp3) is 0.571. The zero-order chi connectivity index (χ0) is 13.4. The molecule has 102 valence electrons. The van der Waals surface area contributed by atoms with E-state index >= 15 is 0 Å². The van der Waals surface area contributed by atoms with Gasteiger partial charge in [0.2, 0.25) is 0 Å². The van der Waals surface area contributed by atoms with Crippen LogP contribution in [0.25, 0.3) is 0 Å². The number of aliphatic hydroxyl groups excluding tert-OH is 1. The molecule has 0 radical (unpaired) electrons. The summed E-state index contributed by atoms with van der Waals surface area (Å²) in [5.74, 6) is 0.752. The van der Waals surface area contributed by atoms with Crippen LogP contribution < -0.4 is 5.32 Å². The highest BCUT2D eigenvalue weighted by Gasteiger charge is 2.07. The van der Waals surface area contributed by atoms with Crippen LogP contribution in [0.5, 0.6) is 5.75 Å². The molecule has 0 amide bonds. The molecular weight excluding hydrogens is 250 g/mol. The van der Waals surface area contributed by atoms with E-state index in [0.29, 0.717) is 17.5 Å². The normalized spacial score (nSPS) is 12.6. The number of rotatable bonds is 8. The Morgan fingerprint density at radius 2 is 2.11 bits per heavy atom. The van der Waals surface area contributed by atoms with Crippen molar-refractivity contribution in [2.75, 3.05) is 13.2 Å². The lowest BCUT2D eigenvalue weighted by molar-refractivity contribution is 0.248. The molecule has 0 aromatic heterocycles. The molecule has 0 saturated heterocycles. The van der Waals surface area contributed by atoms with Crippen LogP contribution in [0.1, 0.15) is 31.7 Å². The van der Waals surface area contributed by atoms with Crippen LogP contribution in [0, 0.1) is 5.92 Å². The summed E-state index contributed by atoms with van der Waals surface area (Å²) in [5, 5.41) is 22.6. The molecule has 3 nitrogen and oxygen atoms in total. The van der Waals surface area contributed by atoms with Crippen molar-refractivity contribution in [1.82, 2.24) is 5.32 Å². The average Bonchev–Trinajstić information content (AvgIpc) is 2.34. The molecule has 1 rings (SSSR count). The number of phenols is 1. The quantitative estimate of drug-likeness (QED) is 0.681. The van der Waals surface area contributed by atoms with Gasteiger partial charge in [0.1, 0.15) is 5.75 Å². The van der Waals surface area contributed by atoms with Gasteiger partial charge in [0, 0.05) is 23.7 Å². The van der Waals surface area contributed by atoms with Gasteiger partial charge in [-0.15, -0.1) is 0 Å². The van der Waals surface area contributed by atoms with E-state index in [1.807, 2.05) is 0 Å². The summed E-state index contributed by atoms with van der Waals surface area (Å²) in [6.07, 6.45) is 3.05. The van der Waals surface area contributed by atoms with Gasteiger partial charge in [-0.25, -0.2) is 0 Å². The highest BCUT2D eigenvalue weighted by molar-refractivity contribution is 6.30. The van der Waals surface area contributed by atoms with E-state index < -0.39 is 0 Å². The van der Waals surface area contributed by atoms with E-state index in [1.54, 1.807) is 18.2 Å². The van der Waals surface area contributed by atoms with Crippen molar-refractivity contribution >= 4 is 11.6 Å². The van der Waals surface area contributed by atoms with Crippen molar-refractivity contribution in [2.45, 2.75) is 32.7 Å². The first-order chi connectivity index (χ1) is 8.67. The Morgan fingerprint density at radius 3 is 2.78 bits per heavy atom. The molecule has 0 saturated carbocycles. The lowest BCUT2D eigenvalue weighted by atomic mass is 10.00. The average molecular weight is 272 g/mol. The highest BCUT2D eigenvalue weighted by Crippen LogP contribution is 2.21. The molecule has 0 aliphatic rings. The highest BCUT2D eigenvalue weighted by atomic mass is 35.5. The van der Waals surface area contributed by atoms with Crippen molar-refractivity contribution in [3.05, 3.63) is 28.8 Å². The van der Waals surface area contributed by atoms with E-state index in [0.717, 1.165) is 31.4 Å². The van der Waals surface area contributed by atoms with Crippen LogP contribution in [-0.4, -0.2) is 23.4 Å². The lowest BCUT2D eigenvalue weighted by Gasteiger charge is -2.16. The monoisotopic (exact) mass is 271 g/mol. The number of aliphatic hydroxyl groups is 1. The Bertz CT molecular complexity index is 352. The van der Waals surface area contributed by atoms with Crippen LogP contribution >= 0.6 is 11.6 Å². The second-order valence-corrected chi connectivity index (χ2v) is 5.01. The number of aromatic hydroxyl groups is 1. The van der Waals surface area contributed by atoms with Crippen molar-refractivity contribution < 1.29 is 10.2 Å². The molecule has 3 N–H and O–H groups in total. The van der Waals surface area contributed by atoms with E-state index in [4.69, 9.17) is 16.7 Å². The predicted octanol–water partition coefficient (Wildman–Crippen LogP) is 2.93. The third-order valence-corrected chi connectivity index (χ3v) is 3.26. The minimum absolute atomic E-state index is 0.231. The molecule has 0 aliphatic carbocycles. The number of halogens is 1. The maximum atomic E-state index is 9.67. The van der Waals surface area contributed by atoms with Crippen LogP contribution in [0.3, 0.4) is 0 Å². The molecule has 0 heterocycles. The van der Waals surface area contributed by atoms with Gasteiger partial charge in [0.05, 0.1) is 0 Å². The third kappa shape index (κ3) is 5.25. The number of hydrogen-bond acceptors (Lipinski definition) is 3. The lowest BCUT2D eigenvalue weighted by Crippen LogP contribution is -2.23. The van der Waals surface area contributed by atoms with Crippen LogP contribution in [0.15, 0.2) is 18.2 Å². The molecule has 0 spiro atoms. The molecule has 0 fully saturated rings. The molecule has 1 aromatic rings.